The molecule has 0 N–H and O–H groups in total. The van der Waals surface area contributed by atoms with Crippen molar-refractivity contribution in [3.05, 3.63) is 0 Å². The number of ether oxygens (including phenoxy) is 1. The van der Waals surface area contributed by atoms with Gasteiger partial charge in [0.25, 0.3) is 0 Å². The minimum Gasteiger partial charge on any atom is -0.380 e. The Morgan fingerprint density at radius 2 is 1.94 bits per heavy atom. The second-order valence-corrected chi connectivity index (χ2v) is 6.54. The van der Waals surface area contributed by atoms with Gasteiger partial charge in [0.2, 0.25) is 0 Å². The summed E-state index contributed by atoms with van der Waals surface area (Å²) in [4.78, 5) is 2.75. The molecule has 100 valence electrons. The molecule has 0 aromatic carbocycles. The molecule has 0 amide bonds. The summed E-state index contributed by atoms with van der Waals surface area (Å²) < 4.78 is 5.88. The van der Waals surface area contributed by atoms with Gasteiger partial charge in [0.15, 0.2) is 0 Å². The summed E-state index contributed by atoms with van der Waals surface area (Å²) in [6.07, 6.45) is 5.34. The van der Waals surface area contributed by atoms with E-state index in [4.69, 9.17) is 4.74 Å². The van der Waals surface area contributed by atoms with Gasteiger partial charge in [-0.3, -0.25) is 4.90 Å². The van der Waals surface area contributed by atoms with E-state index in [9.17, 15) is 0 Å². The van der Waals surface area contributed by atoms with Gasteiger partial charge in [0.05, 0.1) is 6.61 Å². The standard InChI is InChI=1S/C15H29NO/c1-12(2)14-7-10-17-11-15(14)8-5-6-9-16(15)13(3)4/h12-14H,5-11H2,1-4H3/t14-,15-/m1/s1. The average molecular weight is 239 g/mol. The first-order chi connectivity index (χ1) is 8.08. The van der Waals surface area contributed by atoms with Crippen LogP contribution in [0.1, 0.15) is 53.4 Å². The summed E-state index contributed by atoms with van der Waals surface area (Å²) in [5.74, 6) is 1.59. The molecule has 2 rings (SSSR count). The van der Waals surface area contributed by atoms with Crippen molar-refractivity contribution in [3.63, 3.8) is 0 Å². The van der Waals surface area contributed by atoms with E-state index in [1.54, 1.807) is 0 Å². The van der Waals surface area contributed by atoms with Crippen molar-refractivity contribution >= 4 is 0 Å². The van der Waals surface area contributed by atoms with E-state index < -0.39 is 0 Å². The Morgan fingerprint density at radius 1 is 1.18 bits per heavy atom. The predicted octanol–water partition coefficient (Wildman–Crippen LogP) is 3.31. The number of hydrogen-bond acceptors (Lipinski definition) is 2. The summed E-state index contributed by atoms with van der Waals surface area (Å²) >= 11 is 0. The van der Waals surface area contributed by atoms with Crippen LogP contribution in [-0.4, -0.2) is 36.2 Å². The summed E-state index contributed by atoms with van der Waals surface area (Å²) in [6, 6.07) is 0.651. The maximum absolute atomic E-state index is 5.88. The van der Waals surface area contributed by atoms with E-state index in [2.05, 4.69) is 32.6 Å². The van der Waals surface area contributed by atoms with Gasteiger partial charge in [0, 0.05) is 18.2 Å². The van der Waals surface area contributed by atoms with Crippen LogP contribution in [0.25, 0.3) is 0 Å². The van der Waals surface area contributed by atoms with E-state index in [1.165, 1.54) is 32.2 Å². The van der Waals surface area contributed by atoms with Crippen LogP contribution >= 0.6 is 0 Å². The Kier molecular flexibility index (Phi) is 4.14. The van der Waals surface area contributed by atoms with E-state index in [-0.39, 0.29) is 0 Å². The van der Waals surface area contributed by atoms with Crippen LogP contribution in [0.4, 0.5) is 0 Å². The molecule has 2 aliphatic rings. The van der Waals surface area contributed by atoms with Crippen LogP contribution < -0.4 is 0 Å². The van der Waals surface area contributed by atoms with Crippen LogP contribution in [0.2, 0.25) is 0 Å². The van der Waals surface area contributed by atoms with Crippen molar-refractivity contribution < 1.29 is 4.74 Å². The molecule has 0 aromatic heterocycles. The Labute approximate surface area is 107 Å². The minimum absolute atomic E-state index is 0.346. The van der Waals surface area contributed by atoms with Crippen molar-refractivity contribution in [1.82, 2.24) is 4.90 Å². The molecule has 17 heavy (non-hydrogen) atoms. The lowest BCUT2D eigenvalue weighted by Crippen LogP contribution is -2.64. The SMILES string of the molecule is CC(C)[C@H]1CCOC[C@]12CCCCN2C(C)C. The highest BCUT2D eigenvalue weighted by molar-refractivity contribution is 5.02. The van der Waals surface area contributed by atoms with Gasteiger partial charge in [-0.2, -0.15) is 0 Å². The van der Waals surface area contributed by atoms with Gasteiger partial charge in [0.1, 0.15) is 0 Å². The highest BCUT2D eigenvalue weighted by Crippen LogP contribution is 2.43. The highest BCUT2D eigenvalue weighted by Gasteiger charge is 2.48. The average Bonchev–Trinajstić information content (AvgIpc) is 2.29. The van der Waals surface area contributed by atoms with E-state index in [0.29, 0.717) is 11.6 Å². The van der Waals surface area contributed by atoms with Crippen LogP contribution in [0.5, 0.6) is 0 Å². The number of piperidine rings is 1. The summed E-state index contributed by atoms with van der Waals surface area (Å²) in [5, 5.41) is 0. The zero-order valence-corrected chi connectivity index (χ0v) is 12.0. The topological polar surface area (TPSA) is 12.5 Å². The van der Waals surface area contributed by atoms with Crippen molar-refractivity contribution in [2.24, 2.45) is 11.8 Å². The molecule has 2 heteroatoms. The predicted molar refractivity (Wildman–Crippen MR) is 72.2 cm³/mol. The molecule has 0 radical (unpaired) electrons. The second kappa shape index (κ2) is 5.27. The molecule has 2 heterocycles. The summed E-state index contributed by atoms with van der Waals surface area (Å²) in [5.41, 5.74) is 0.346. The van der Waals surface area contributed by atoms with E-state index >= 15 is 0 Å². The molecule has 2 fully saturated rings. The van der Waals surface area contributed by atoms with Gasteiger partial charge in [-0.25, -0.2) is 0 Å². The van der Waals surface area contributed by atoms with Crippen molar-refractivity contribution in [1.29, 1.82) is 0 Å². The van der Waals surface area contributed by atoms with Gasteiger partial charge in [-0.1, -0.05) is 20.3 Å². The third-order valence-electron chi connectivity index (χ3n) is 4.87. The fourth-order valence-electron chi connectivity index (χ4n) is 4.19. The maximum atomic E-state index is 5.88. The summed E-state index contributed by atoms with van der Waals surface area (Å²) in [7, 11) is 0. The number of hydrogen-bond donors (Lipinski definition) is 0. The molecule has 0 unspecified atom stereocenters. The maximum Gasteiger partial charge on any atom is 0.0653 e. The second-order valence-electron chi connectivity index (χ2n) is 6.54. The molecule has 0 saturated carbocycles. The van der Waals surface area contributed by atoms with Crippen LogP contribution in [-0.2, 0) is 4.74 Å². The fourth-order valence-corrected chi connectivity index (χ4v) is 4.19. The highest BCUT2D eigenvalue weighted by atomic mass is 16.5. The molecular formula is C15H29NO. The van der Waals surface area contributed by atoms with Gasteiger partial charge < -0.3 is 4.74 Å². The number of likely N-dealkylation sites (tertiary alicyclic amines) is 1. The van der Waals surface area contributed by atoms with Crippen molar-refractivity contribution in [3.8, 4) is 0 Å². The van der Waals surface area contributed by atoms with E-state index in [1.807, 2.05) is 0 Å². The smallest absolute Gasteiger partial charge is 0.0653 e. The zero-order chi connectivity index (χ0) is 12.5. The first kappa shape index (κ1) is 13.4. The Hall–Kier alpha value is -0.0800. The van der Waals surface area contributed by atoms with Crippen LogP contribution in [0, 0.1) is 11.8 Å². The minimum atomic E-state index is 0.346. The number of nitrogens with zero attached hydrogens (tertiary/aromatic N) is 1. The molecule has 2 saturated heterocycles. The molecular weight excluding hydrogens is 210 g/mol. The van der Waals surface area contributed by atoms with E-state index in [0.717, 1.165) is 25.0 Å². The van der Waals surface area contributed by atoms with Gasteiger partial charge >= 0.3 is 0 Å². The Morgan fingerprint density at radius 3 is 2.59 bits per heavy atom. The van der Waals surface area contributed by atoms with Crippen molar-refractivity contribution in [2.75, 3.05) is 19.8 Å². The lowest BCUT2D eigenvalue weighted by Gasteiger charge is -2.56. The first-order valence-electron chi connectivity index (χ1n) is 7.42. The van der Waals surface area contributed by atoms with Gasteiger partial charge in [-0.05, 0) is 51.5 Å². The molecule has 2 nitrogen and oxygen atoms in total. The van der Waals surface area contributed by atoms with Crippen LogP contribution in [0.3, 0.4) is 0 Å². The number of rotatable bonds is 2. The van der Waals surface area contributed by atoms with Gasteiger partial charge in [-0.15, -0.1) is 0 Å². The zero-order valence-electron chi connectivity index (χ0n) is 12.0. The largest absolute Gasteiger partial charge is 0.380 e. The fraction of sp³-hybridized carbons (Fsp3) is 1.00. The summed E-state index contributed by atoms with van der Waals surface area (Å²) in [6.45, 7) is 12.7. The Bertz CT molecular complexity index is 223. The molecule has 2 atom stereocenters. The lowest BCUT2D eigenvalue weighted by atomic mass is 9.68. The monoisotopic (exact) mass is 239 g/mol. The quantitative estimate of drug-likeness (QED) is 0.733. The Balaban J connectivity index is 2.26. The first-order valence-corrected chi connectivity index (χ1v) is 7.42. The molecule has 0 aromatic rings. The third kappa shape index (κ3) is 2.39. The lowest BCUT2D eigenvalue weighted by molar-refractivity contribution is -0.129. The molecule has 1 spiro atoms. The third-order valence-corrected chi connectivity index (χ3v) is 4.87. The van der Waals surface area contributed by atoms with Crippen LogP contribution in [0.15, 0.2) is 0 Å². The molecule has 0 bridgehead atoms. The normalized spacial score (nSPS) is 36.0. The molecule has 0 aliphatic carbocycles. The van der Waals surface area contributed by atoms with Crippen molar-refractivity contribution in [2.45, 2.75) is 65.0 Å². The molecule has 2 aliphatic heterocycles.